The number of carbonyl (C=O) groups is 2. The van der Waals surface area contributed by atoms with E-state index < -0.39 is 11.4 Å². The van der Waals surface area contributed by atoms with E-state index in [0.717, 1.165) is 4.90 Å². The first-order valence-corrected chi connectivity index (χ1v) is 8.00. The summed E-state index contributed by atoms with van der Waals surface area (Å²) < 4.78 is 0. The Hall–Kier alpha value is -1.49. The average molecular weight is 307 g/mol. The summed E-state index contributed by atoms with van der Waals surface area (Å²) in [5.74, 6) is -0.897. The molecular formula is C16H21NO3S. The van der Waals surface area contributed by atoms with Crippen LogP contribution in [0.4, 0.5) is 0 Å². The Morgan fingerprint density at radius 2 is 2.00 bits per heavy atom. The number of hydrogen-bond donors (Lipinski definition) is 1. The number of carbonyl (C=O) groups excluding carboxylic acids is 1. The van der Waals surface area contributed by atoms with Gasteiger partial charge in [-0.25, -0.2) is 0 Å². The maximum absolute atomic E-state index is 12.7. The van der Waals surface area contributed by atoms with Crippen molar-refractivity contribution >= 4 is 23.6 Å². The van der Waals surface area contributed by atoms with Crippen LogP contribution in [0.25, 0.3) is 0 Å². The smallest absolute Gasteiger partial charge is 0.311 e. The summed E-state index contributed by atoms with van der Waals surface area (Å²) in [5.41, 5.74) is -0.152. The standard InChI is InChI=1S/C16H21NO3S/c1-11(2)21-13-7-5-4-6-12(13)14(18)17-9-8-16(3,10-17)15(19)20/h4-7,11H,8-10H2,1-3H3,(H,19,20). The van der Waals surface area contributed by atoms with Crippen molar-refractivity contribution in [3.8, 4) is 0 Å². The zero-order chi connectivity index (χ0) is 15.6. The normalized spacial score (nSPS) is 21.8. The molecular weight excluding hydrogens is 286 g/mol. The Kier molecular flexibility index (Phi) is 4.61. The van der Waals surface area contributed by atoms with Crippen LogP contribution in [0.5, 0.6) is 0 Å². The molecule has 1 heterocycles. The second-order valence-corrected chi connectivity index (χ2v) is 7.62. The van der Waals surface area contributed by atoms with Gasteiger partial charge in [-0.05, 0) is 25.5 Å². The van der Waals surface area contributed by atoms with Crippen LogP contribution < -0.4 is 0 Å². The maximum Gasteiger partial charge on any atom is 0.311 e. The molecule has 1 amide bonds. The van der Waals surface area contributed by atoms with Gasteiger partial charge < -0.3 is 10.0 Å². The molecule has 0 aliphatic carbocycles. The van der Waals surface area contributed by atoms with E-state index in [1.54, 1.807) is 23.6 Å². The van der Waals surface area contributed by atoms with E-state index in [4.69, 9.17) is 0 Å². The van der Waals surface area contributed by atoms with E-state index in [1.807, 2.05) is 24.3 Å². The summed E-state index contributed by atoms with van der Waals surface area (Å²) in [6.07, 6.45) is 0.508. The van der Waals surface area contributed by atoms with Crippen LogP contribution in [0, 0.1) is 5.41 Å². The van der Waals surface area contributed by atoms with E-state index in [1.165, 1.54) is 0 Å². The van der Waals surface area contributed by atoms with Crippen LogP contribution >= 0.6 is 11.8 Å². The van der Waals surface area contributed by atoms with Crippen molar-refractivity contribution in [3.63, 3.8) is 0 Å². The monoisotopic (exact) mass is 307 g/mol. The zero-order valence-electron chi connectivity index (χ0n) is 12.6. The molecule has 1 aromatic carbocycles. The second-order valence-electron chi connectivity index (χ2n) is 6.01. The number of likely N-dealkylation sites (tertiary alicyclic amines) is 1. The van der Waals surface area contributed by atoms with Crippen LogP contribution in [0.2, 0.25) is 0 Å². The van der Waals surface area contributed by atoms with E-state index in [-0.39, 0.29) is 12.5 Å². The van der Waals surface area contributed by atoms with Crippen molar-refractivity contribution in [2.24, 2.45) is 5.41 Å². The van der Waals surface area contributed by atoms with Gasteiger partial charge in [-0.1, -0.05) is 26.0 Å². The molecule has 0 aromatic heterocycles. The van der Waals surface area contributed by atoms with Crippen LogP contribution in [-0.2, 0) is 4.79 Å². The average Bonchev–Trinajstić information content (AvgIpc) is 2.82. The lowest BCUT2D eigenvalue weighted by molar-refractivity contribution is -0.147. The minimum atomic E-state index is -0.831. The van der Waals surface area contributed by atoms with Crippen LogP contribution in [0.3, 0.4) is 0 Å². The molecule has 0 spiro atoms. The Balaban J connectivity index is 2.20. The Bertz CT molecular complexity index is 558. The number of rotatable bonds is 4. The van der Waals surface area contributed by atoms with E-state index in [9.17, 15) is 14.7 Å². The minimum Gasteiger partial charge on any atom is -0.481 e. The van der Waals surface area contributed by atoms with Crippen molar-refractivity contribution in [1.82, 2.24) is 4.90 Å². The molecule has 1 saturated heterocycles. The number of nitrogens with zero attached hydrogens (tertiary/aromatic N) is 1. The molecule has 0 radical (unpaired) electrons. The number of benzene rings is 1. The molecule has 1 fully saturated rings. The van der Waals surface area contributed by atoms with Crippen LogP contribution in [-0.4, -0.2) is 40.2 Å². The van der Waals surface area contributed by atoms with Crippen molar-refractivity contribution in [3.05, 3.63) is 29.8 Å². The molecule has 114 valence electrons. The van der Waals surface area contributed by atoms with E-state index in [0.29, 0.717) is 23.8 Å². The third-order valence-electron chi connectivity index (χ3n) is 3.76. The van der Waals surface area contributed by atoms with Crippen molar-refractivity contribution in [1.29, 1.82) is 0 Å². The fourth-order valence-electron chi connectivity index (χ4n) is 2.48. The lowest BCUT2D eigenvalue weighted by Crippen LogP contribution is -2.35. The first-order valence-electron chi connectivity index (χ1n) is 7.12. The predicted octanol–water partition coefficient (Wildman–Crippen LogP) is 3.12. The molecule has 4 nitrogen and oxygen atoms in total. The molecule has 1 atom stereocenters. The van der Waals surface area contributed by atoms with Gasteiger partial charge in [-0.2, -0.15) is 0 Å². The number of thioether (sulfide) groups is 1. The van der Waals surface area contributed by atoms with Crippen molar-refractivity contribution in [2.45, 2.75) is 37.3 Å². The summed E-state index contributed by atoms with van der Waals surface area (Å²) in [5, 5.41) is 9.66. The van der Waals surface area contributed by atoms with Gasteiger partial charge in [0.1, 0.15) is 0 Å². The van der Waals surface area contributed by atoms with Crippen molar-refractivity contribution in [2.75, 3.05) is 13.1 Å². The first kappa shape index (κ1) is 15.9. The van der Waals surface area contributed by atoms with Crippen molar-refractivity contribution < 1.29 is 14.7 Å². The fraction of sp³-hybridized carbons (Fsp3) is 0.500. The Morgan fingerprint density at radius 3 is 2.57 bits per heavy atom. The zero-order valence-corrected chi connectivity index (χ0v) is 13.4. The Labute approximate surface area is 129 Å². The fourth-order valence-corrected chi connectivity index (χ4v) is 3.43. The summed E-state index contributed by atoms with van der Waals surface area (Å²) in [6.45, 7) is 6.66. The number of hydrogen-bond acceptors (Lipinski definition) is 3. The highest BCUT2D eigenvalue weighted by atomic mass is 32.2. The Morgan fingerprint density at radius 1 is 1.33 bits per heavy atom. The van der Waals surface area contributed by atoms with Gasteiger partial charge >= 0.3 is 5.97 Å². The number of carboxylic acids is 1. The van der Waals surface area contributed by atoms with Crippen LogP contribution in [0.15, 0.2) is 29.2 Å². The van der Waals surface area contributed by atoms with Gasteiger partial charge in [0.05, 0.1) is 11.0 Å². The molecule has 0 bridgehead atoms. The summed E-state index contributed by atoms with van der Waals surface area (Å²) in [4.78, 5) is 26.6. The molecule has 1 N–H and O–H groups in total. The summed E-state index contributed by atoms with van der Waals surface area (Å²) in [6, 6.07) is 7.55. The third kappa shape index (κ3) is 3.40. The lowest BCUT2D eigenvalue weighted by Gasteiger charge is -2.21. The predicted molar refractivity (Wildman–Crippen MR) is 83.7 cm³/mol. The molecule has 2 rings (SSSR count). The first-order chi connectivity index (χ1) is 9.83. The van der Waals surface area contributed by atoms with Gasteiger partial charge in [0, 0.05) is 23.2 Å². The maximum atomic E-state index is 12.7. The highest BCUT2D eigenvalue weighted by molar-refractivity contribution is 8.00. The van der Waals surface area contributed by atoms with Gasteiger partial charge in [0.2, 0.25) is 0 Å². The molecule has 0 saturated carbocycles. The molecule has 21 heavy (non-hydrogen) atoms. The summed E-state index contributed by atoms with van der Waals surface area (Å²) in [7, 11) is 0. The van der Waals surface area contributed by atoms with Gasteiger partial charge in [-0.3, -0.25) is 9.59 Å². The number of aliphatic carboxylic acids is 1. The van der Waals surface area contributed by atoms with E-state index in [2.05, 4.69) is 13.8 Å². The largest absolute Gasteiger partial charge is 0.481 e. The highest BCUT2D eigenvalue weighted by Gasteiger charge is 2.42. The summed E-state index contributed by atoms with van der Waals surface area (Å²) >= 11 is 1.65. The molecule has 1 aromatic rings. The third-order valence-corrected chi connectivity index (χ3v) is 4.84. The van der Waals surface area contributed by atoms with Gasteiger partial charge in [0.15, 0.2) is 0 Å². The molecule has 1 unspecified atom stereocenters. The minimum absolute atomic E-state index is 0.0660. The lowest BCUT2D eigenvalue weighted by atomic mass is 9.90. The van der Waals surface area contributed by atoms with E-state index >= 15 is 0 Å². The van der Waals surface area contributed by atoms with Crippen LogP contribution in [0.1, 0.15) is 37.6 Å². The number of carboxylic acid groups (broad SMARTS) is 1. The quantitative estimate of drug-likeness (QED) is 0.868. The second kappa shape index (κ2) is 6.10. The number of amides is 1. The molecule has 1 aliphatic rings. The molecule has 1 aliphatic heterocycles. The van der Waals surface area contributed by atoms with Gasteiger partial charge in [-0.15, -0.1) is 11.8 Å². The SMILES string of the molecule is CC(C)Sc1ccccc1C(=O)N1CCC(C)(C(=O)O)C1. The van der Waals surface area contributed by atoms with Gasteiger partial charge in [0.25, 0.3) is 5.91 Å². The topological polar surface area (TPSA) is 57.6 Å². The molecule has 5 heteroatoms. The highest BCUT2D eigenvalue weighted by Crippen LogP contribution is 2.33.